The molecule has 2 heteroatoms. The van der Waals surface area contributed by atoms with E-state index in [1.54, 1.807) is 0 Å². The van der Waals surface area contributed by atoms with E-state index in [0.29, 0.717) is 6.61 Å². The van der Waals surface area contributed by atoms with Gasteiger partial charge in [0, 0.05) is 0 Å². The minimum Gasteiger partial charge on any atom is -0.488 e. The van der Waals surface area contributed by atoms with E-state index < -0.39 is 0 Å². The number of hydrogen-bond acceptors (Lipinski definition) is 1. The van der Waals surface area contributed by atoms with Crippen molar-refractivity contribution in [2.24, 2.45) is 0 Å². The van der Waals surface area contributed by atoms with Crippen molar-refractivity contribution in [2.45, 2.75) is 26.4 Å². The number of benzene rings is 2. The maximum Gasteiger partial charge on any atom is 0.134 e. The van der Waals surface area contributed by atoms with Gasteiger partial charge in [-0.1, -0.05) is 66.2 Å². The molecule has 1 aliphatic rings. The molecule has 2 aromatic rings. The van der Waals surface area contributed by atoms with Crippen LogP contribution in [0.4, 0.5) is 0 Å². The van der Waals surface area contributed by atoms with Gasteiger partial charge >= 0.3 is 0 Å². The molecule has 0 N–H and O–H groups in total. The third-order valence-electron chi connectivity index (χ3n) is 3.97. The monoisotopic (exact) mass is 310 g/mol. The lowest BCUT2D eigenvalue weighted by molar-refractivity contribution is 0.206. The molecule has 0 fully saturated rings. The van der Waals surface area contributed by atoms with Crippen LogP contribution < -0.4 is 0 Å². The van der Waals surface area contributed by atoms with E-state index in [1.807, 2.05) is 12.1 Å². The molecule has 112 valence electrons. The standard InChI is InChI=1S/C20H19ClO/c1-15-17(14-22-20-13-6-5-12-19(20)21)10-7-11-18(15)16-8-3-2-4-9-16/h2-4,7-13H,5-6,14H2,1H3. The summed E-state index contributed by atoms with van der Waals surface area (Å²) >= 11 is 6.18. The van der Waals surface area contributed by atoms with Crippen LogP contribution in [0, 0.1) is 6.92 Å². The molecular weight excluding hydrogens is 292 g/mol. The van der Waals surface area contributed by atoms with Crippen LogP contribution in [0.25, 0.3) is 11.1 Å². The summed E-state index contributed by atoms with van der Waals surface area (Å²) in [6.45, 7) is 2.69. The lowest BCUT2D eigenvalue weighted by atomic mass is 9.97. The van der Waals surface area contributed by atoms with E-state index >= 15 is 0 Å². The highest BCUT2D eigenvalue weighted by molar-refractivity contribution is 6.31. The molecule has 0 amide bonds. The summed E-state index contributed by atoms with van der Waals surface area (Å²) in [7, 11) is 0. The molecule has 0 aliphatic heterocycles. The Bertz CT molecular complexity index is 714. The zero-order valence-corrected chi connectivity index (χ0v) is 13.4. The van der Waals surface area contributed by atoms with Gasteiger partial charge in [0.2, 0.25) is 0 Å². The molecule has 0 heterocycles. The minimum absolute atomic E-state index is 0.544. The van der Waals surface area contributed by atoms with Crippen molar-refractivity contribution in [1.82, 2.24) is 0 Å². The average molecular weight is 311 g/mol. The quantitative estimate of drug-likeness (QED) is 0.675. The van der Waals surface area contributed by atoms with Crippen molar-refractivity contribution in [3.63, 3.8) is 0 Å². The van der Waals surface area contributed by atoms with E-state index in [4.69, 9.17) is 16.3 Å². The van der Waals surface area contributed by atoms with Crippen molar-refractivity contribution in [3.8, 4) is 11.1 Å². The van der Waals surface area contributed by atoms with Gasteiger partial charge in [-0.25, -0.2) is 0 Å². The number of halogens is 1. The van der Waals surface area contributed by atoms with E-state index in [0.717, 1.165) is 23.6 Å². The number of hydrogen-bond donors (Lipinski definition) is 0. The second kappa shape index (κ2) is 6.85. The highest BCUT2D eigenvalue weighted by atomic mass is 35.5. The molecule has 1 aliphatic carbocycles. The Hall–Kier alpha value is -1.99. The Balaban J connectivity index is 1.81. The van der Waals surface area contributed by atoms with Gasteiger partial charge in [-0.3, -0.25) is 0 Å². The summed E-state index contributed by atoms with van der Waals surface area (Å²) in [6.07, 6.45) is 6.08. The van der Waals surface area contributed by atoms with Crippen LogP contribution in [0.2, 0.25) is 0 Å². The van der Waals surface area contributed by atoms with Crippen molar-refractivity contribution in [2.75, 3.05) is 0 Å². The molecular formula is C20H19ClO. The third kappa shape index (κ3) is 3.26. The summed E-state index contributed by atoms with van der Waals surface area (Å²) in [5.74, 6) is 0.803. The molecule has 1 nitrogen and oxygen atoms in total. The smallest absolute Gasteiger partial charge is 0.134 e. The van der Waals surface area contributed by atoms with Crippen molar-refractivity contribution >= 4 is 11.6 Å². The Morgan fingerprint density at radius 1 is 0.955 bits per heavy atom. The second-order valence-corrected chi connectivity index (χ2v) is 5.85. The zero-order valence-electron chi connectivity index (χ0n) is 12.7. The average Bonchev–Trinajstić information content (AvgIpc) is 2.56. The van der Waals surface area contributed by atoms with Crippen LogP contribution in [-0.4, -0.2) is 0 Å². The SMILES string of the molecule is Cc1c(COC2=CCCC=C2Cl)cccc1-c1ccccc1. The van der Waals surface area contributed by atoms with Gasteiger partial charge in [0.25, 0.3) is 0 Å². The Morgan fingerprint density at radius 3 is 2.50 bits per heavy atom. The van der Waals surface area contributed by atoms with Gasteiger partial charge in [-0.2, -0.15) is 0 Å². The van der Waals surface area contributed by atoms with Crippen molar-refractivity contribution < 1.29 is 4.74 Å². The van der Waals surface area contributed by atoms with Crippen molar-refractivity contribution in [3.05, 3.63) is 82.6 Å². The Labute approximate surface area is 136 Å². The molecule has 0 bridgehead atoms. The fourth-order valence-electron chi connectivity index (χ4n) is 2.68. The number of ether oxygens (including phenoxy) is 1. The first-order valence-electron chi connectivity index (χ1n) is 7.58. The molecule has 22 heavy (non-hydrogen) atoms. The van der Waals surface area contributed by atoms with E-state index in [1.165, 1.54) is 22.3 Å². The van der Waals surface area contributed by atoms with Gasteiger partial charge in [0.15, 0.2) is 0 Å². The summed E-state index contributed by atoms with van der Waals surface area (Å²) in [5.41, 5.74) is 4.93. The predicted octanol–water partition coefficient (Wildman–Crippen LogP) is 5.98. The first-order valence-corrected chi connectivity index (χ1v) is 7.96. The molecule has 0 unspecified atom stereocenters. The lowest BCUT2D eigenvalue weighted by Gasteiger charge is -2.16. The molecule has 0 aromatic heterocycles. The third-order valence-corrected chi connectivity index (χ3v) is 4.31. The van der Waals surface area contributed by atoms with Gasteiger partial charge in [-0.15, -0.1) is 0 Å². The van der Waals surface area contributed by atoms with Gasteiger partial charge < -0.3 is 4.74 Å². The summed E-state index contributed by atoms with van der Waals surface area (Å²) in [5, 5.41) is 0.725. The largest absolute Gasteiger partial charge is 0.488 e. The molecule has 2 aromatic carbocycles. The molecule has 3 rings (SSSR count). The predicted molar refractivity (Wildman–Crippen MR) is 92.7 cm³/mol. The second-order valence-electron chi connectivity index (χ2n) is 5.44. The zero-order chi connectivity index (χ0) is 15.4. The first kappa shape index (κ1) is 14.9. The summed E-state index contributed by atoms with van der Waals surface area (Å²) < 4.78 is 5.91. The highest BCUT2D eigenvalue weighted by Crippen LogP contribution is 2.28. The molecule has 0 radical (unpaired) electrons. The highest BCUT2D eigenvalue weighted by Gasteiger charge is 2.10. The van der Waals surface area contributed by atoms with Crippen LogP contribution >= 0.6 is 11.6 Å². The van der Waals surface area contributed by atoms with Crippen molar-refractivity contribution in [1.29, 1.82) is 0 Å². The molecule has 0 atom stereocenters. The van der Waals surface area contributed by atoms with Crippen LogP contribution in [0.1, 0.15) is 24.0 Å². The van der Waals surface area contributed by atoms with E-state index in [9.17, 15) is 0 Å². The topological polar surface area (TPSA) is 9.23 Å². The number of rotatable bonds is 4. The Morgan fingerprint density at radius 2 is 1.73 bits per heavy atom. The van der Waals surface area contributed by atoms with Gasteiger partial charge in [0.1, 0.15) is 12.4 Å². The Kier molecular flexibility index (Phi) is 4.65. The molecule has 0 spiro atoms. The van der Waals surface area contributed by atoms with Crippen LogP contribution in [-0.2, 0) is 11.3 Å². The maximum absolute atomic E-state index is 6.18. The maximum atomic E-state index is 6.18. The molecule has 0 saturated heterocycles. The summed E-state index contributed by atoms with van der Waals surface area (Å²) in [6, 6.07) is 16.8. The fourth-order valence-corrected chi connectivity index (χ4v) is 2.92. The molecule has 0 saturated carbocycles. The number of allylic oxidation sites excluding steroid dienone is 3. The van der Waals surface area contributed by atoms with Gasteiger partial charge in [0.05, 0.1) is 5.03 Å². The van der Waals surface area contributed by atoms with E-state index in [-0.39, 0.29) is 0 Å². The normalized spacial score (nSPS) is 14.3. The van der Waals surface area contributed by atoms with Gasteiger partial charge in [-0.05, 0) is 48.1 Å². The minimum atomic E-state index is 0.544. The van der Waals surface area contributed by atoms with E-state index in [2.05, 4.69) is 55.5 Å². The summed E-state index contributed by atoms with van der Waals surface area (Å²) in [4.78, 5) is 0. The first-order chi connectivity index (χ1) is 10.8. The van der Waals surface area contributed by atoms with Crippen LogP contribution in [0.5, 0.6) is 0 Å². The lowest BCUT2D eigenvalue weighted by Crippen LogP contribution is -2.00. The van der Waals surface area contributed by atoms with Crippen LogP contribution in [0.3, 0.4) is 0 Å². The fraction of sp³-hybridized carbons (Fsp3) is 0.200. The van der Waals surface area contributed by atoms with Crippen LogP contribution in [0.15, 0.2) is 71.5 Å².